The van der Waals surface area contributed by atoms with Crippen LogP contribution in [-0.4, -0.2) is 73.7 Å². The Kier molecular flexibility index (Phi) is 8.94. The van der Waals surface area contributed by atoms with Gasteiger partial charge in [0.05, 0.1) is 19.3 Å². The molecule has 1 unspecified atom stereocenters. The van der Waals surface area contributed by atoms with Gasteiger partial charge < -0.3 is 15.0 Å². The topological polar surface area (TPSA) is 44.8 Å². The molecule has 2 aliphatic heterocycles. The first-order valence-corrected chi connectivity index (χ1v) is 6.53. The quantitative estimate of drug-likeness (QED) is 0.800. The minimum atomic E-state index is -0.0144. The summed E-state index contributed by atoms with van der Waals surface area (Å²) in [6.45, 7) is 9.99. The Morgan fingerprint density at radius 2 is 1.89 bits per heavy atom. The average molecular weight is 314 g/mol. The molecule has 2 rings (SSSR count). The molecule has 0 bridgehead atoms. The number of amides is 1. The van der Waals surface area contributed by atoms with Crippen molar-refractivity contribution in [1.29, 1.82) is 0 Å². The molecule has 1 amide bonds. The highest BCUT2D eigenvalue weighted by molar-refractivity contribution is 5.85. The number of hydrogen-bond acceptors (Lipinski definition) is 4. The van der Waals surface area contributed by atoms with E-state index in [0.29, 0.717) is 6.04 Å². The van der Waals surface area contributed by atoms with Crippen molar-refractivity contribution in [3.8, 4) is 0 Å². The molecule has 2 heterocycles. The van der Waals surface area contributed by atoms with Gasteiger partial charge in [0.1, 0.15) is 0 Å². The zero-order chi connectivity index (χ0) is 12.3. The minimum absolute atomic E-state index is 0. The lowest BCUT2D eigenvalue weighted by molar-refractivity contribution is -0.140. The number of nitrogens with zero attached hydrogens (tertiary/aromatic N) is 2. The standard InChI is InChI=1S/C12H23N3O2.2ClH/c1-10-9-13-3-4-15(10)12(16)11(2)14-5-7-17-8-6-14;;/h10-11,13H,3-9H2,1-2H3;2*1H/t10-,11?;;/m1../s1. The molecule has 0 aromatic rings. The van der Waals surface area contributed by atoms with Gasteiger partial charge in [-0.3, -0.25) is 9.69 Å². The van der Waals surface area contributed by atoms with Crippen molar-refractivity contribution in [1.82, 2.24) is 15.1 Å². The Hall–Kier alpha value is -0.0700. The number of hydrogen-bond donors (Lipinski definition) is 1. The molecule has 0 saturated carbocycles. The Morgan fingerprint density at radius 3 is 2.47 bits per heavy atom. The van der Waals surface area contributed by atoms with Crippen molar-refractivity contribution in [3.63, 3.8) is 0 Å². The first-order valence-electron chi connectivity index (χ1n) is 6.53. The second kappa shape index (κ2) is 8.97. The van der Waals surface area contributed by atoms with E-state index in [0.717, 1.165) is 45.9 Å². The molecule has 7 heteroatoms. The molecular weight excluding hydrogens is 289 g/mol. The van der Waals surface area contributed by atoms with Crippen LogP contribution in [0.15, 0.2) is 0 Å². The third-order valence-corrected chi connectivity index (χ3v) is 3.74. The molecular formula is C12H25Cl2N3O2. The highest BCUT2D eigenvalue weighted by Crippen LogP contribution is 2.11. The predicted octanol–water partition coefficient (Wildman–Crippen LogP) is 0.371. The third-order valence-electron chi connectivity index (χ3n) is 3.74. The van der Waals surface area contributed by atoms with Crippen LogP contribution >= 0.6 is 24.8 Å². The average Bonchev–Trinajstić information content (AvgIpc) is 2.39. The molecule has 0 spiro atoms. The van der Waals surface area contributed by atoms with Crippen LogP contribution in [0.5, 0.6) is 0 Å². The molecule has 2 aliphatic rings. The summed E-state index contributed by atoms with van der Waals surface area (Å²) in [6, 6.07) is 0.291. The lowest BCUT2D eigenvalue weighted by atomic mass is 10.1. The normalized spacial score (nSPS) is 26.0. The number of halogens is 2. The number of carbonyl (C=O) groups excluding carboxylic acids is 1. The van der Waals surface area contributed by atoms with Gasteiger partial charge in [-0.15, -0.1) is 24.8 Å². The molecule has 114 valence electrons. The Morgan fingerprint density at radius 1 is 1.26 bits per heavy atom. The number of rotatable bonds is 2. The Bertz CT molecular complexity index is 276. The summed E-state index contributed by atoms with van der Waals surface area (Å²) in [5, 5.41) is 3.31. The lowest BCUT2D eigenvalue weighted by Crippen LogP contribution is -2.58. The van der Waals surface area contributed by atoms with Gasteiger partial charge in [0.2, 0.25) is 5.91 Å². The fourth-order valence-electron chi connectivity index (χ4n) is 2.53. The van der Waals surface area contributed by atoms with Crippen LogP contribution in [-0.2, 0) is 9.53 Å². The van der Waals surface area contributed by atoms with Crippen molar-refractivity contribution in [3.05, 3.63) is 0 Å². The smallest absolute Gasteiger partial charge is 0.239 e. The number of morpholine rings is 1. The third kappa shape index (κ3) is 4.76. The van der Waals surface area contributed by atoms with E-state index in [9.17, 15) is 4.79 Å². The molecule has 2 atom stereocenters. The second-order valence-corrected chi connectivity index (χ2v) is 4.91. The van der Waals surface area contributed by atoms with E-state index in [4.69, 9.17) is 4.74 Å². The second-order valence-electron chi connectivity index (χ2n) is 4.91. The maximum atomic E-state index is 12.4. The number of carbonyl (C=O) groups is 1. The van der Waals surface area contributed by atoms with Crippen LogP contribution < -0.4 is 5.32 Å². The molecule has 2 fully saturated rings. The van der Waals surface area contributed by atoms with E-state index in [1.165, 1.54) is 0 Å². The summed E-state index contributed by atoms with van der Waals surface area (Å²) in [5.74, 6) is 0.265. The molecule has 0 aromatic heterocycles. The highest BCUT2D eigenvalue weighted by Gasteiger charge is 2.30. The summed E-state index contributed by atoms with van der Waals surface area (Å²) in [7, 11) is 0. The monoisotopic (exact) mass is 313 g/mol. The van der Waals surface area contributed by atoms with E-state index >= 15 is 0 Å². The van der Waals surface area contributed by atoms with Gasteiger partial charge in [-0.25, -0.2) is 0 Å². The highest BCUT2D eigenvalue weighted by atomic mass is 35.5. The van der Waals surface area contributed by atoms with Crippen LogP contribution in [0.3, 0.4) is 0 Å². The molecule has 2 saturated heterocycles. The fraction of sp³-hybridized carbons (Fsp3) is 0.917. The predicted molar refractivity (Wildman–Crippen MR) is 80.4 cm³/mol. The van der Waals surface area contributed by atoms with Gasteiger partial charge in [0.15, 0.2) is 0 Å². The summed E-state index contributed by atoms with van der Waals surface area (Å²) in [6.07, 6.45) is 0. The van der Waals surface area contributed by atoms with Crippen molar-refractivity contribution in [2.24, 2.45) is 0 Å². The van der Waals surface area contributed by atoms with E-state index in [-0.39, 0.29) is 36.8 Å². The molecule has 0 aromatic carbocycles. The summed E-state index contributed by atoms with van der Waals surface area (Å²) >= 11 is 0. The maximum absolute atomic E-state index is 12.4. The zero-order valence-corrected chi connectivity index (χ0v) is 13.3. The first kappa shape index (κ1) is 18.9. The van der Waals surface area contributed by atoms with Crippen molar-refractivity contribution in [2.45, 2.75) is 25.9 Å². The summed E-state index contributed by atoms with van der Waals surface area (Å²) < 4.78 is 5.32. The number of piperazine rings is 1. The number of ether oxygens (including phenoxy) is 1. The largest absolute Gasteiger partial charge is 0.379 e. The Labute approximate surface area is 127 Å². The van der Waals surface area contributed by atoms with Gasteiger partial charge in [-0.1, -0.05) is 0 Å². The van der Waals surface area contributed by atoms with E-state index < -0.39 is 0 Å². The van der Waals surface area contributed by atoms with Crippen LogP contribution in [0, 0.1) is 0 Å². The Balaban J connectivity index is 0.00000162. The van der Waals surface area contributed by atoms with Gasteiger partial charge in [0, 0.05) is 38.8 Å². The van der Waals surface area contributed by atoms with Gasteiger partial charge in [0.25, 0.3) is 0 Å². The van der Waals surface area contributed by atoms with Crippen LogP contribution in [0.2, 0.25) is 0 Å². The number of nitrogens with one attached hydrogen (secondary N) is 1. The molecule has 5 nitrogen and oxygen atoms in total. The fourth-order valence-corrected chi connectivity index (χ4v) is 2.53. The van der Waals surface area contributed by atoms with Crippen LogP contribution in [0.1, 0.15) is 13.8 Å². The van der Waals surface area contributed by atoms with Crippen LogP contribution in [0.4, 0.5) is 0 Å². The van der Waals surface area contributed by atoms with Gasteiger partial charge >= 0.3 is 0 Å². The lowest BCUT2D eigenvalue weighted by Gasteiger charge is -2.39. The van der Waals surface area contributed by atoms with Gasteiger partial charge in [-0.05, 0) is 13.8 Å². The molecule has 1 N–H and O–H groups in total. The summed E-state index contributed by atoms with van der Waals surface area (Å²) in [4.78, 5) is 16.7. The maximum Gasteiger partial charge on any atom is 0.239 e. The zero-order valence-electron chi connectivity index (χ0n) is 11.6. The van der Waals surface area contributed by atoms with E-state index in [1.54, 1.807) is 0 Å². The molecule has 19 heavy (non-hydrogen) atoms. The summed E-state index contributed by atoms with van der Waals surface area (Å²) in [5.41, 5.74) is 0. The van der Waals surface area contributed by atoms with Crippen molar-refractivity contribution < 1.29 is 9.53 Å². The van der Waals surface area contributed by atoms with E-state index in [1.807, 2.05) is 11.8 Å². The van der Waals surface area contributed by atoms with E-state index in [2.05, 4.69) is 17.1 Å². The SMILES string of the molecule is CC(C(=O)N1CCNC[C@H]1C)N1CCOCC1.Cl.Cl. The molecule has 0 radical (unpaired) electrons. The van der Waals surface area contributed by atoms with Gasteiger partial charge in [-0.2, -0.15) is 0 Å². The van der Waals surface area contributed by atoms with Crippen molar-refractivity contribution in [2.75, 3.05) is 45.9 Å². The van der Waals surface area contributed by atoms with Crippen LogP contribution in [0.25, 0.3) is 0 Å². The first-order chi connectivity index (χ1) is 8.20. The minimum Gasteiger partial charge on any atom is -0.379 e. The van der Waals surface area contributed by atoms with Crippen molar-refractivity contribution >= 4 is 30.7 Å². The molecule has 0 aliphatic carbocycles.